The number of hydrogen-bond donors (Lipinski definition) is 1. The predicted octanol–water partition coefficient (Wildman–Crippen LogP) is 5.80. The average Bonchev–Trinajstić information content (AvgIpc) is 2.99. The highest BCUT2D eigenvalue weighted by Gasteiger charge is 2.45. The molecule has 0 unspecified atom stereocenters. The van der Waals surface area contributed by atoms with Gasteiger partial charge in [0.15, 0.2) is 0 Å². The summed E-state index contributed by atoms with van der Waals surface area (Å²) in [5, 5.41) is 11.6. The second-order valence-electron chi connectivity index (χ2n) is 8.36. The van der Waals surface area contributed by atoms with E-state index in [0.717, 1.165) is 40.7 Å². The summed E-state index contributed by atoms with van der Waals surface area (Å²) in [5.74, 6) is -0.00131. The first kappa shape index (κ1) is 18.1. The van der Waals surface area contributed by atoms with Crippen molar-refractivity contribution in [2.45, 2.75) is 51.6 Å². The van der Waals surface area contributed by atoms with Crippen LogP contribution in [-0.2, 0) is 15.8 Å². The molecule has 0 fully saturated rings. The Morgan fingerprint density at radius 3 is 2.48 bits per heavy atom. The zero-order chi connectivity index (χ0) is 19.4. The van der Waals surface area contributed by atoms with Gasteiger partial charge in [-0.05, 0) is 49.7 Å². The van der Waals surface area contributed by atoms with Gasteiger partial charge in [-0.1, -0.05) is 33.3 Å². The number of aromatic nitrogens is 1. The Kier molecular flexibility index (Phi) is 4.08. The number of phenolic OH excluding ortho intramolecular Hbond substituents is 1. The fourth-order valence-corrected chi connectivity index (χ4v) is 4.49. The molecule has 27 heavy (non-hydrogen) atoms. The lowest BCUT2D eigenvalue weighted by molar-refractivity contribution is -0.0774. The van der Waals surface area contributed by atoms with E-state index in [2.05, 4.69) is 32.3 Å². The summed E-state index contributed by atoms with van der Waals surface area (Å²) in [6, 6.07) is 12.1. The number of rotatable bonds is 3. The highest BCUT2D eigenvalue weighted by atomic mass is 19.1. The van der Waals surface area contributed by atoms with Gasteiger partial charge in [-0.15, -0.1) is 0 Å². The minimum absolute atomic E-state index is 0.248. The summed E-state index contributed by atoms with van der Waals surface area (Å²) >= 11 is 0. The minimum Gasteiger partial charge on any atom is -0.507 e. The van der Waals surface area contributed by atoms with Crippen LogP contribution in [0.15, 0.2) is 42.5 Å². The summed E-state index contributed by atoms with van der Waals surface area (Å²) in [4.78, 5) is 0. The largest absolute Gasteiger partial charge is 0.507 e. The van der Waals surface area contributed by atoms with E-state index >= 15 is 0 Å². The zero-order valence-corrected chi connectivity index (χ0v) is 16.3. The number of benzene rings is 2. The molecular weight excluding hydrogens is 341 g/mol. The summed E-state index contributed by atoms with van der Waals surface area (Å²) in [6.45, 7) is 9.17. The molecule has 1 atom stereocenters. The molecule has 0 spiro atoms. The molecule has 0 amide bonds. The molecule has 1 aromatic heterocycles. The fraction of sp³-hybridized carbons (Fsp3) is 0.391. The Morgan fingerprint density at radius 2 is 1.81 bits per heavy atom. The molecule has 1 N–H and O–H groups in total. The molecular formula is C23H26FNO2. The first-order valence-electron chi connectivity index (χ1n) is 9.56. The van der Waals surface area contributed by atoms with Crippen LogP contribution in [0.2, 0.25) is 0 Å². The molecule has 0 aliphatic carbocycles. The van der Waals surface area contributed by atoms with Crippen molar-refractivity contribution in [3.8, 4) is 11.4 Å². The zero-order valence-electron chi connectivity index (χ0n) is 16.3. The van der Waals surface area contributed by atoms with Gasteiger partial charge in [-0.25, -0.2) is 4.39 Å². The molecule has 0 saturated carbocycles. The minimum atomic E-state index is -0.470. The number of halogens is 1. The Hall–Kier alpha value is -2.33. The van der Waals surface area contributed by atoms with Gasteiger partial charge in [0.05, 0.1) is 17.7 Å². The normalized spacial score (nSPS) is 21.4. The van der Waals surface area contributed by atoms with Gasteiger partial charge in [-0.2, -0.15) is 0 Å². The molecule has 142 valence electrons. The molecule has 0 bridgehead atoms. The Morgan fingerprint density at radius 1 is 1.11 bits per heavy atom. The maximum absolute atomic E-state index is 13.6. The van der Waals surface area contributed by atoms with Crippen LogP contribution in [0, 0.1) is 5.82 Å². The van der Waals surface area contributed by atoms with Crippen LogP contribution in [0.25, 0.3) is 16.6 Å². The van der Waals surface area contributed by atoms with Crippen molar-refractivity contribution >= 4 is 10.9 Å². The summed E-state index contributed by atoms with van der Waals surface area (Å²) in [5.41, 5.74) is 3.28. The topological polar surface area (TPSA) is 34.4 Å². The number of phenols is 1. The highest BCUT2D eigenvalue weighted by Crippen LogP contribution is 2.51. The lowest BCUT2D eigenvalue weighted by Gasteiger charge is -2.42. The van der Waals surface area contributed by atoms with Crippen molar-refractivity contribution < 1.29 is 14.2 Å². The lowest BCUT2D eigenvalue weighted by Crippen LogP contribution is -2.42. The van der Waals surface area contributed by atoms with Crippen LogP contribution in [0.4, 0.5) is 4.39 Å². The molecule has 0 radical (unpaired) electrons. The van der Waals surface area contributed by atoms with Crippen LogP contribution in [-0.4, -0.2) is 16.3 Å². The van der Waals surface area contributed by atoms with Gasteiger partial charge in [0, 0.05) is 27.7 Å². The van der Waals surface area contributed by atoms with Crippen molar-refractivity contribution in [1.29, 1.82) is 0 Å². The smallest absolute Gasteiger partial charge is 0.125 e. The van der Waals surface area contributed by atoms with Crippen molar-refractivity contribution in [1.82, 2.24) is 4.57 Å². The molecule has 4 rings (SSSR count). The molecule has 3 aromatic rings. The van der Waals surface area contributed by atoms with Crippen LogP contribution < -0.4 is 0 Å². The maximum Gasteiger partial charge on any atom is 0.125 e. The molecule has 2 heterocycles. The van der Waals surface area contributed by atoms with Crippen molar-refractivity contribution in [3.05, 3.63) is 59.5 Å². The Balaban J connectivity index is 2.17. The summed E-state index contributed by atoms with van der Waals surface area (Å²) in [7, 11) is 0. The lowest BCUT2D eigenvalue weighted by atomic mass is 9.77. The van der Waals surface area contributed by atoms with Gasteiger partial charge < -0.3 is 14.4 Å². The van der Waals surface area contributed by atoms with Gasteiger partial charge >= 0.3 is 0 Å². The van der Waals surface area contributed by atoms with E-state index in [1.807, 2.05) is 12.1 Å². The number of nitrogens with zero attached hydrogens (tertiary/aromatic N) is 1. The standard InChI is InChI=1S/C23H26FNO2/c1-5-13-23(4)20-19-17(7-6-8-18(19)26)25(16-11-9-15(24)10-12-16)21(20)22(2,3)14-27-23/h6-12,26H,5,13-14H2,1-4H3/t23-/m1/s1. The van der Waals surface area contributed by atoms with Gasteiger partial charge in [0.1, 0.15) is 11.6 Å². The number of fused-ring (bicyclic) bond motifs is 3. The van der Waals surface area contributed by atoms with Crippen LogP contribution in [0.3, 0.4) is 0 Å². The number of ether oxygens (including phenoxy) is 1. The fourth-order valence-electron chi connectivity index (χ4n) is 4.49. The van der Waals surface area contributed by atoms with Crippen LogP contribution >= 0.6 is 0 Å². The third kappa shape index (κ3) is 2.66. The van der Waals surface area contributed by atoms with Crippen LogP contribution in [0.1, 0.15) is 51.8 Å². The number of aromatic hydroxyl groups is 1. The molecule has 1 aliphatic heterocycles. The van der Waals surface area contributed by atoms with E-state index in [9.17, 15) is 9.50 Å². The summed E-state index contributed by atoms with van der Waals surface area (Å²) < 4.78 is 22.1. The predicted molar refractivity (Wildman–Crippen MR) is 106 cm³/mol. The SMILES string of the molecule is CCC[C@@]1(C)OCC(C)(C)c2c1c1c(O)cccc1n2-c1ccc(F)cc1. The second kappa shape index (κ2) is 6.10. The quantitative estimate of drug-likeness (QED) is 0.635. The van der Waals surface area contributed by atoms with E-state index in [1.165, 1.54) is 12.1 Å². The van der Waals surface area contributed by atoms with Gasteiger partial charge in [-0.3, -0.25) is 0 Å². The number of hydrogen-bond acceptors (Lipinski definition) is 2. The van der Waals surface area contributed by atoms with E-state index in [0.29, 0.717) is 6.61 Å². The second-order valence-corrected chi connectivity index (χ2v) is 8.36. The first-order chi connectivity index (χ1) is 12.8. The van der Waals surface area contributed by atoms with E-state index in [4.69, 9.17) is 4.74 Å². The third-order valence-corrected chi connectivity index (χ3v) is 5.71. The van der Waals surface area contributed by atoms with Crippen molar-refractivity contribution in [3.63, 3.8) is 0 Å². The highest BCUT2D eigenvalue weighted by molar-refractivity contribution is 5.94. The average molecular weight is 367 g/mol. The Bertz CT molecular complexity index is 1000. The third-order valence-electron chi connectivity index (χ3n) is 5.71. The molecule has 1 aliphatic rings. The molecule has 3 nitrogen and oxygen atoms in total. The van der Waals surface area contributed by atoms with Crippen LogP contribution in [0.5, 0.6) is 5.75 Å². The monoisotopic (exact) mass is 367 g/mol. The molecule has 2 aromatic carbocycles. The summed E-state index contributed by atoms with van der Waals surface area (Å²) in [6.07, 6.45) is 1.85. The van der Waals surface area contributed by atoms with Crippen molar-refractivity contribution in [2.24, 2.45) is 0 Å². The van der Waals surface area contributed by atoms with E-state index in [1.54, 1.807) is 18.2 Å². The van der Waals surface area contributed by atoms with Gasteiger partial charge in [0.25, 0.3) is 0 Å². The van der Waals surface area contributed by atoms with E-state index in [-0.39, 0.29) is 17.0 Å². The Labute approximate surface area is 159 Å². The first-order valence-corrected chi connectivity index (χ1v) is 9.56. The molecule has 4 heteroatoms. The van der Waals surface area contributed by atoms with E-state index < -0.39 is 5.60 Å². The van der Waals surface area contributed by atoms with Crippen molar-refractivity contribution in [2.75, 3.05) is 6.61 Å². The van der Waals surface area contributed by atoms with Gasteiger partial charge in [0.2, 0.25) is 0 Å². The maximum atomic E-state index is 13.6. The molecule has 0 saturated heterocycles.